The van der Waals surface area contributed by atoms with Crippen molar-refractivity contribution in [3.05, 3.63) is 76.9 Å². The topological polar surface area (TPSA) is 9.23 Å². The van der Waals surface area contributed by atoms with Gasteiger partial charge in [0.25, 0.3) is 0 Å². The molecule has 1 saturated carbocycles. The molecule has 2 aromatic carbocycles. The molecule has 28 heavy (non-hydrogen) atoms. The maximum Gasteiger partial charge on any atom is 0.0716 e. The first-order valence-corrected chi connectivity index (χ1v) is 11.2. The van der Waals surface area contributed by atoms with Crippen LogP contribution in [0, 0.1) is 0 Å². The van der Waals surface area contributed by atoms with Gasteiger partial charge in [-0.1, -0.05) is 80.4 Å². The molecular weight excluding hydrogens is 340 g/mol. The van der Waals surface area contributed by atoms with Crippen molar-refractivity contribution < 1.29 is 4.74 Å². The summed E-state index contributed by atoms with van der Waals surface area (Å²) in [6.45, 7) is 5.94. The summed E-state index contributed by atoms with van der Waals surface area (Å²) in [5, 5.41) is 0. The van der Waals surface area contributed by atoms with E-state index in [1.54, 1.807) is 0 Å². The van der Waals surface area contributed by atoms with Crippen LogP contribution in [0.15, 0.2) is 54.6 Å². The third-order valence-corrected chi connectivity index (χ3v) is 6.11. The maximum atomic E-state index is 5.79. The van der Waals surface area contributed by atoms with E-state index in [4.69, 9.17) is 4.74 Å². The lowest BCUT2D eigenvalue weighted by Crippen LogP contribution is -2.12. The Labute approximate surface area is 171 Å². The fraction of sp³-hybridized carbons (Fsp3) is 0.481. The van der Waals surface area contributed by atoms with Gasteiger partial charge in [0.2, 0.25) is 0 Å². The van der Waals surface area contributed by atoms with Crippen molar-refractivity contribution in [2.24, 2.45) is 0 Å². The van der Waals surface area contributed by atoms with Crippen LogP contribution in [0.1, 0.15) is 92.9 Å². The normalized spacial score (nSPS) is 19.9. The Kier molecular flexibility index (Phi) is 8.36. The molecule has 150 valence electrons. The van der Waals surface area contributed by atoms with Gasteiger partial charge >= 0.3 is 0 Å². The van der Waals surface area contributed by atoms with Crippen LogP contribution in [0.3, 0.4) is 0 Å². The van der Waals surface area contributed by atoms with E-state index in [1.807, 2.05) is 0 Å². The molecule has 2 aromatic rings. The van der Waals surface area contributed by atoms with Gasteiger partial charge in [0.1, 0.15) is 0 Å². The Morgan fingerprint density at radius 2 is 1.39 bits per heavy atom. The molecule has 0 unspecified atom stereocenters. The minimum atomic E-state index is 0.720. The molecule has 0 aliphatic heterocycles. The molecule has 0 amide bonds. The van der Waals surface area contributed by atoms with Crippen LogP contribution in [0.5, 0.6) is 0 Å². The van der Waals surface area contributed by atoms with Crippen LogP contribution in [0.4, 0.5) is 0 Å². The molecule has 0 spiro atoms. The SMILES string of the molecule is CC=Cc1ccc([C@H]2CC[C@H](c3ccc(COCCCCC)cc3)CC2)cc1. The third-order valence-electron chi connectivity index (χ3n) is 6.11. The summed E-state index contributed by atoms with van der Waals surface area (Å²) < 4.78 is 5.79. The Morgan fingerprint density at radius 1 is 0.821 bits per heavy atom. The van der Waals surface area contributed by atoms with Gasteiger partial charge in [0.15, 0.2) is 0 Å². The maximum absolute atomic E-state index is 5.79. The van der Waals surface area contributed by atoms with E-state index < -0.39 is 0 Å². The Hall–Kier alpha value is -1.86. The minimum absolute atomic E-state index is 0.720. The molecule has 1 aliphatic carbocycles. The number of allylic oxidation sites excluding steroid dienone is 1. The van der Waals surface area contributed by atoms with Crippen molar-refractivity contribution in [1.29, 1.82) is 0 Å². The molecule has 0 N–H and O–H groups in total. The molecule has 0 bridgehead atoms. The first-order valence-electron chi connectivity index (χ1n) is 11.2. The molecule has 0 saturated heterocycles. The molecule has 0 atom stereocenters. The number of benzene rings is 2. The zero-order chi connectivity index (χ0) is 19.6. The molecular formula is C27H36O. The highest BCUT2D eigenvalue weighted by Gasteiger charge is 2.23. The summed E-state index contributed by atoms with van der Waals surface area (Å²) in [6, 6.07) is 18.4. The van der Waals surface area contributed by atoms with E-state index in [9.17, 15) is 0 Å². The molecule has 3 rings (SSSR count). The van der Waals surface area contributed by atoms with Crippen LogP contribution in [0.2, 0.25) is 0 Å². The summed E-state index contributed by atoms with van der Waals surface area (Å²) in [4.78, 5) is 0. The highest BCUT2D eigenvalue weighted by Crippen LogP contribution is 2.40. The van der Waals surface area contributed by atoms with Gasteiger partial charge in [0.05, 0.1) is 6.61 Å². The zero-order valence-electron chi connectivity index (χ0n) is 17.7. The van der Waals surface area contributed by atoms with Gasteiger partial charge in [-0.25, -0.2) is 0 Å². The predicted octanol–water partition coefficient (Wildman–Crippen LogP) is 7.87. The third kappa shape index (κ3) is 6.07. The lowest BCUT2D eigenvalue weighted by Gasteiger charge is -2.29. The van der Waals surface area contributed by atoms with Gasteiger partial charge in [-0.15, -0.1) is 0 Å². The van der Waals surface area contributed by atoms with Crippen LogP contribution in [-0.2, 0) is 11.3 Å². The van der Waals surface area contributed by atoms with Crippen LogP contribution in [-0.4, -0.2) is 6.61 Å². The Bertz CT molecular complexity index is 703. The summed E-state index contributed by atoms with van der Waals surface area (Å²) >= 11 is 0. The van der Waals surface area contributed by atoms with Crippen molar-refractivity contribution in [3.8, 4) is 0 Å². The molecule has 1 nitrogen and oxygen atoms in total. The second-order valence-corrected chi connectivity index (χ2v) is 8.22. The molecule has 0 heterocycles. The van der Waals surface area contributed by atoms with Gasteiger partial charge < -0.3 is 4.74 Å². The zero-order valence-corrected chi connectivity index (χ0v) is 17.7. The first-order chi connectivity index (χ1) is 13.8. The van der Waals surface area contributed by atoms with E-state index in [1.165, 1.54) is 67.2 Å². The Balaban J connectivity index is 1.46. The molecule has 1 fully saturated rings. The van der Waals surface area contributed by atoms with Gasteiger partial charge in [-0.3, -0.25) is 0 Å². The van der Waals surface area contributed by atoms with Crippen molar-refractivity contribution in [1.82, 2.24) is 0 Å². The minimum Gasteiger partial charge on any atom is -0.377 e. The van der Waals surface area contributed by atoms with Gasteiger partial charge in [0, 0.05) is 6.61 Å². The second kappa shape index (κ2) is 11.2. The molecule has 1 heteroatoms. The van der Waals surface area contributed by atoms with Crippen molar-refractivity contribution >= 4 is 6.08 Å². The highest BCUT2D eigenvalue weighted by molar-refractivity contribution is 5.49. The standard InChI is InChI=1S/C27H36O/c1-3-5-6-20-28-21-23-10-14-25(15-11-23)27-18-16-26(17-19-27)24-12-8-22(7-4-2)9-13-24/h4,7-15,26-27H,3,5-6,16-21H2,1-2H3/t26-,27-. The average molecular weight is 377 g/mol. The van der Waals surface area contributed by atoms with Gasteiger partial charge in [-0.2, -0.15) is 0 Å². The van der Waals surface area contributed by atoms with Crippen molar-refractivity contribution in [2.75, 3.05) is 6.61 Å². The van der Waals surface area contributed by atoms with Gasteiger partial charge in [-0.05, 0) is 73.1 Å². The average Bonchev–Trinajstić information content (AvgIpc) is 2.75. The fourth-order valence-corrected chi connectivity index (χ4v) is 4.36. The molecule has 0 radical (unpaired) electrons. The van der Waals surface area contributed by atoms with E-state index in [2.05, 4.69) is 74.5 Å². The van der Waals surface area contributed by atoms with Crippen LogP contribution < -0.4 is 0 Å². The van der Waals surface area contributed by atoms with Crippen LogP contribution >= 0.6 is 0 Å². The van der Waals surface area contributed by atoms with E-state index >= 15 is 0 Å². The Morgan fingerprint density at radius 3 is 1.93 bits per heavy atom. The summed E-state index contributed by atoms with van der Waals surface area (Å²) in [5.41, 5.74) is 5.63. The second-order valence-electron chi connectivity index (χ2n) is 8.22. The highest BCUT2D eigenvalue weighted by atomic mass is 16.5. The van der Waals surface area contributed by atoms with Crippen molar-refractivity contribution in [2.45, 2.75) is 77.2 Å². The fourth-order valence-electron chi connectivity index (χ4n) is 4.36. The molecule has 1 aliphatic rings. The monoisotopic (exact) mass is 376 g/mol. The number of hydrogen-bond donors (Lipinski definition) is 0. The lowest BCUT2D eigenvalue weighted by atomic mass is 9.76. The number of unbranched alkanes of at least 4 members (excludes halogenated alkanes) is 2. The summed E-state index contributed by atoms with van der Waals surface area (Å²) in [7, 11) is 0. The lowest BCUT2D eigenvalue weighted by molar-refractivity contribution is 0.117. The van der Waals surface area contributed by atoms with E-state index in [-0.39, 0.29) is 0 Å². The largest absolute Gasteiger partial charge is 0.377 e. The van der Waals surface area contributed by atoms with Crippen molar-refractivity contribution in [3.63, 3.8) is 0 Å². The first kappa shape index (κ1) is 20.9. The number of ether oxygens (including phenoxy) is 1. The summed E-state index contributed by atoms with van der Waals surface area (Å²) in [6.07, 6.45) is 13.2. The number of hydrogen-bond acceptors (Lipinski definition) is 1. The quantitative estimate of drug-likeness (QED) is 0.405. The van der Waals surface area contributed by atoms with E-state index in [0.717, 1.165) is 25.0 Å². The summed E-state index contributed by atoms with van der Waals surface area (Å²) in [5.74, 6) is 1.45. The van der Waals surface area contributed by atoms with E-state index in [0.29, 0.717) is 0 Å². The predicted molar refractivity (Wildman–Crippen MR) is 121 cm³/mol. The smallest absolute Gasteiger partial charge is 0.0716 e. The number of rotatable bonds is 9. The van der Waals surface area contributed by atoms with Crippen LogP contribution in [0.25, 0.3) is 6.08 Å². The molecule has 0 aromatic heterocycles.